The zero-order chi connectivity index (χ0) is 19.9. The molecule has 7 heteroatoms. The summed E-state index contributed by atoms with van der Waals surface area (Å²) in [4.78, 5) is 40.0. The van der Waals surface area contributed by atoms with Gasteiger partial charge in [-0.3, -0.25) is 14.4 Å². The molecule has 0 spiro atoms. The topological polar surface area (TPSA) is 78.5 Å². The molecular formula is C20H31N3O3S. The summed E-state index contributed by atoms with van der Waals surface area (Å²) < 4.78 is 0. The molecule has 2 N–H and O–H groups in total. The SMILES string of the molecule is CC[C@](C)(C(=O)NC1CCCCC1)N(Cc1cccs1)C(=O)CNC(C)=O. The van der Waals surface area contributed by atoms with Gasteiger partial charge in [-0.1, -0.05) is 32.3 Å². The van der Waals surface area contributed by atoms with Crippen LogP contribution in [0, 0.1) is 0 Å². The van der Waals surface area contributed by atoms with Gasteiger partial charge in [0.05, 0.1) is 13.1 Å². The average molecular weight is 394 g/mol. The second-order valence-electron chi connectivity index (χ2n) is 7.40. The highest BCUT2D eigenvalue weighted by molar-refractivity contribution is 7.09. The van der Waals surface area contributed by atoms with Crippen molar-refractivity contribution in [2.45, 2.75) is 77.4 Å². The predicted molar refractivity (Wildman–Crippen MR) is 107 cm³/mol. The quantitative estimate of drug-likeness (QED) is 0.713. The van der Waals surface area contributed by atoms with Crippen molar-refractivity contribution in [3.63, 3.8) is 0 Å². The van der Waals surface area contributed by atoms with Gasteiger partial charge in [0.25, 0.3) is 0 Å². The molecule has 0 unspecified atom stereocenters. The zero-order valence-corrected chi connectivity index (χ0v) is 17.4. The maximum absolute atomic E-state index is 13.2. The fourth-order valence-electron chi connectivity index (χ4n) is 3.45. The van der Waals surface area contributed by atoms with Crippen LogP contribution in [0.15, 0.2) is 17.5 Å². The van der Waals surface area contributed by atoms with Crippen LogP contribution in [0.4, 0.5) is 0 Å². The van der Waals surface area contributed by atoms with Crippen LogP contribution < -0.4 is 10.6 Å². The number of carbonyl (C=O) groups excluding carboxylic acids is 3. The number of carbonyl (C=O) groups is 3. The molecule has 1 heterocycles. The van der Waals surface area contributed by atoms with Crippen molar-refractivity contribution in [3.05, 3.63) is 22.4 Å². The van der Waals surface area contributed by atoms with Crippen LogP contribution in [0.1, 0.15) is 64.2 Å². The van der Waals surface area contributed by atoms with Gasteiger partial charge < -0.3 is 15.5 Å². The number of hydrogen-bond acceptors (Lipinski definition) is 4. The lowest BCUT2D eigenvalue weighted by Crippen LogP contribution is -2.61. The van der Waals surface area contributed by atoms with Gasteiger partial charge in [-0.05, 0) is 37.6 Å². The van der Waals surface area contributed by atoms with E-state index < -0.39 is 5.54 Å². The molecular weight excluding hydrogens is 362 g/mol. The summed E-state index contributed by atoms with van der Waals surface area (Å²) in [7, 11) is 0. The van der Waals surface area contributed by atoms with E-state index in [1.165, 1.54) is 13.3 Å². The molecule has 0 aromatic carbocycles. The summed E-state index contributed by atoms with van der Waals surface area (Å²) in [6, 6.07) is 4.08. The Bertz CT molecular complexity index is 641. The van der Waals surface area contributed by atoms with Crippen LogP contribution in [-0.4, -0.2) is 40.7 Å². The molecule has 1 saturated carbocycles. The minimum atomic E-state index is -0.961. The molecule has 1 aromatic rings. The monoisotopic (exact) mass is 393 g/mol. The first-order chi connectivity index (χ1) is 12.9. The van der Waals surface area contributed by atoms with Gasteiger partial charge in [-0.15, -0.1) is 11.3 Å². The lowest BCUT2D eigenvalue weighted by molar-refractivity contribution is -0.148. The molecule has 3 amide bonds. The van der Waals surface area contributed by atoms with Gasteiger partial charge in [0.15, 0.2) is 0 Å². The molecule has 27 heavy (non-hydrogen) atoms. The summed E-state index contributed by atoms with van der Waals surface area (Å²) in [6.07, 6.45) is 5.98. The molecule has 1 aromatic heterocycles. The maximum Gasteiger partial charge on any atom is 0.245 e. The fraction of sp³-hybridized carbons (Fsp3) is 0.650. The van der Waals surface area contributed by atoms with E-state index in [1.807, 2.05) is 31.4 Å². The molecule has 1 fully saturated rings. The Labute approximate surface area is 165 Å². The standard InChI is InChI=1S/C20H31N3O3S/c1-4-20(3,19(26)22-16-9-6-5-7-10-16)23(14-17-11-8-12-27-17)18(25)13-21-15(2)24/h8,11-12,16H,4-7,9-10,13-14H2,1-3H3,(H,21,24)(H,22,26)/t20-/m1/s1. The first kappa shape index (κ1) is 21.4. The first-order valence-electron chi connectivity index (χ1n) is 9.75. The molecule has 2 rings (SSSR count). The molecule has 0 aliphatic heterocycles. The van der Waals surface area contributed by atoms with E-state index >= 15 is 0 Å². The Hall–Kier alpha value is -1.89. The van der Waals surface area contributed by atoms with Crippen molar-refractivity contribution in [1.82, 2.24) is 15.5 Å². The molecule has 1 aliphatic rings. The zero-order valence-electron chi connectivity index (χ0n) is 16.5. The van der Waals surface area contributed by atoms with Crippen molar-refractivity contribution in [2.24, 2.45) is 0 Å². The number of rotatable bonds is 8. The second kappa shape index (κ2) is 9.88. The predicted octanol–water partition coefficient (Wildman–Crippen LogP) is 2.83. The number of nitrogens with one attached hydrogen (secondary N) is 2. The Morgan fingerprint density at radius 1 is 1.26 bits per heavy atom. The van der Waals surface area contributed by atoms with E-state index in [-0.39, 0.29) is 30.3 Å². The van der Waals surface area contributed by atoms with Crippen LogP contribution in [0.3, 0.4) is 0 Å². The Balaban J connectivity index is 2.19. The van der Waals surface area contributed by atoms with Crippen LogP contribution in [-0.2, 0) is 20.9 Å². The van der Waals surface area contributed by atoms with Gasteiger partial charge in [0.2, 0.25) is 17.7 Å². The van der Waals surface area contributed by atoms with E-state index in [0.717, 1.165) is 30.6 Å². The Kier molecular flexibility index (Phi) is 7.83. The van der Waals surface area contributed by atoms with Crippen LogP contribution in [0.25, 0.3) is 0 Å². The van der Waals surface area contributed by atoms with Crippen molar-refractivity contribution in [2.75, 3.05) is 6.54 Å². The average Bonchev–Trinajstić information content (AvgIpc) is 3.17. The van der Waals surface area contributed by atoms with E-state index in [2.05, 4.69) is 10.6 Å². The second-order valence-corrected chi connectivity index (χ2v) is 8.44. The largest absolute Gasteiger partial charge is 0.351 e. The highest BCUT2D eigenvalue weighted by Gasteiger charge is 2.41. The first-order valence-corrected chi connectivity index (χ1v) is 10.6. The number of amides is 3. The molecule has 150 valence electrons. The maximum atomic E-state index is 13.2. The summed E-state index contributed by atoms with van der Waals surface area (Å²) in [5.41, 5.74) is -0.961. The summed E-state index contributed by atoms with van der Waals surface area (Å²) in [6.45, 7) is 5.38. The van der Waals surface area contributed by atoms with Crippen LogP contribution in [0.5, 0.6) is 0 Å². The van der Waals surface area contributed by atoms with E-state index in [9.17, 15) is 14.4 Å². The van der Waals surface area contributed by atoms with E-state index in [4.69, 9.17) is 0 Å². The molecule has 0 saturated heterocycles. The highest BCUT2D eigenvalue weighted by Crippen LogP contribution is 2.26. The van der Waals surface area contributed by atoms with Crippen molar-refractivity contribution in [1.29, 1.82) is 0 Å². The fourth-order valence-corrected chi connectivity index (χ4v) is 4.15. The lowest BCUT2D eigenvalue weighted by atomic mass is 9.91. The number of nitrogens with zero attached hydrogens (tertiary/aromatic N) is 1. The van der Waals surface area contributed by atoms with Crippen LogP contribution in [0.2, 0.25) is 0 Å². The minimum Gasteiger partial charge on any atom is -0.351 e. The van der Waals surface area contributed by atoms with Crippen molar-refractivity contribution in [3.8, 4) is 0 Å². The third-order valence-electron chi connectivity index (χ3n) is 5.40. The molecule has 1 atom stereocenters. The molecule has 0 radical (unpaired) electrons. The normalized spacial score (nSPS) is 17.0. The molecule has 1 aliphatic carbocycles. The van der Waals surface area contributed by atoms with E-state index in [0.29, 0.717) is 13.0 Å². The molecule has 0 bridgehead atoms. The number of hydrogen-bond donors (Lipinski definition) is 2. The third kappa shape index (κ3) is 5.79. The molecule has 6 nitrogen and oxygen atoms in total. The Morgan fingerprint density at radius 3 is 2.52 bits per heavy atom. The number of thiophene rings is 1. The minimum absolute atomic E-state index is 0.104. The van der Waals surface area contributed by atoms with Gasteiger partial charge in [0, 0.05) is 17.8 Å². The third-order valence-corrected chi connectivity index (χ3v) is 6.26. The highest BCUT2D eigenvalue weighted by atomic mass is 32.1. The summed E-state index contributed by atoms with van der Waals surface area (Å²) >= 11 is 1.55. The van der Waals surface area contributed by atoms with Gasteiger partial charge in [-0.25, -0.2) is 0 Å². The van der Waals surface area contributed by atoms with Crippen molar-refractivity contribution < 1.29 is 14.4 Å². The summed E-state index contributed by atoms with van der Waals surface area (Å²) in [5, 5.41) is 7.69. The van der Waals surface area contributed by atoms with Gasteiger partial charge in [-0.2, -0.15) is 0 Å². The van der Waals surface area contributed by atoms with Gasteiger partial charge in [0.1, 0.15) is 5.54 Å². The van der Waals surface area contributed by atoms with Crippen LogP contribution >= 0.6 is 11.3 Å². The van der Waals surface area contributed by atoms with E-state index in [1.54, 1.807) is 16.2 Å². The lowest BCUT2D eigenvalue weighted by Gasteiger charge is -2.40. The van der Waals surface area contributed by atoms with Gasteiger partial charge >= 0.3 is 0 Å². The van der Waals surface area contributed by atoms with Crippen molar-refractivity contribution >= 4 is 29.1 Å². The Morgan fingerprint density at radius 2 is 1.96 bits per heavy atom. The summed E-state index contributed by atoms with van der Waals surface area (Å²) in [5.74, 6) is -0.615. The smallest absolute Gasteiger partial charge is 0.245 e.